The molecular weight excluding hydrogens is 438 g/mol. The molecule has 3 rings (SSSR count). The standard InChI is InChI=1S/C22H24ClN3O4S/c1-5-28-15-7-9-16(10-8-15)29-18-11-6-14(23)12-17(18)24-19(27)13-31-21-26-25-20(30-21)22(2,3)4/h6-12H,5,13H2,1-4H3,(H,24,27). The van der Waals surface area contributed by atoms with Crippen molar-refractivity contribution in [3.8, 4) is 17.2 Å². The number of carbonyl (C=O) groups is 1. The Kier molecular flexibility index (Phi) is 7.46. The molecule has 1 aromatic heterocycles. The summed E-state index contributed by atoms with van der Waals surface area (Å²) in [6, 6.07) is 12.3. The third kappa shape index (κ3) is 6.63. The van der Waals surface area contributed by atoms with Gasteiger partial charge in [0.05, 0.1) is 18.0 Å². The van der Waals surface area contributed by atoms with Crippen LogP contribution in [0.15, 0.2) is 52.1 Å². The van der Waals surface area contributed by atoms with Gasteiger partial charge in [-0.15, -0.1) is 10.2 Å². The molecule has 0 saturated carbocycles. The van der Waals surface area contributed by atoms with Crippen LogP contribution < -0.4 is 14.8 Å². The van der Waals surface area contributed by atoms with E-state index >= 15 is 0 Å². The Hall–Kier alpha value is -2.71. The molecule has 0 fully saturated rings. The molecule has 0 spiro atoms. The van der Waals surface area contributed by atoms with Gasteiger partial charge in [-0.2, -0.15) is 0 Å². The van der Waals surface area contributed by atoms with E-state index in [2.05, 4.69) is 15.5 Å². The molecular formula is C22H24ClN3O4S. The smallest absolute Gasteiger partial charge is 0.277 e. The van der Waals surface area contributed by atoms with Gasteiger partial charge in [0.1, 0.15) is 11.5 Å². The molecule has 1 amide bonds. The van der Waals surface area contributed by atoms with E-state index in [-0.39, 0.29) is 17.1 Å². The van der Waals surface area contributed by atoms with E-state index in [0.717, 1.165) is 17.5 Å². The first-order chi connectivity index (χ1) is 14.7. The van der Waals surface area contributed by atoms with E-state index in [1.54, 1.807) is 30.3 Å². The average Bonchev–Trinajstić information content (AvgIpc) is 3.20. The minimum absolute atomic E-state index is 0.0980. The van der Waals surface area contributed by atoms with E-state index in [1.807, 2.05) is 39.8 Å². The highest BCUT2D eigenvalue weighted by atomic mass is 35.5. The van der Waals surface area contributed by atoms with Gasteiger partial charge >= 0.3 is 0 Å². The number of carbonyl (C=O) groups excluding carboxylic acids is 1. The Labute approximate surface area is 190 Å². The number of hydrogen-bond acceptors (Lipinski definition) is 7. The highest BCUT2D eigenvalue weighted by molar-refractivity contribution is 7.99. The van der Waals surface area contributed by atoms with Gasteiger partial charge in [-0.05, 0) is 49.4 Å². The number of halogens is 1. The van der Waals surface area contributed by atoms with Crippen LogP contribution in [0.2, 0.25) is 5.02 Å². The van der Waals surface area contributed by atoms with E-state index in [9.17, 15) is 4.79 Å². The van der Waals surface area contributed by atoms with Gasteiger partial charge in [0, 0.05) is 10.4 Å². The second-order valence-electron chi connectivity index (χ2n) is 7.61. The number of ether oxygens (including phenoxy) is 2. The maximum atomic E-state index is 12.5. The third-order valence-electron chi connectivity index (χ3n) is 3.95. The van der Waals surface area contributed by atoms with Crippen molar-refractivity contribution < 1.29 is 18.7 Å². The number of aromatic nitrogens is 2. The summed E-state index contributed by atoms with van der Waals surface area (Å²) in [7, 11) is 0. The van der Waals surface area contributed by atoms with Crippen molar-refractivity contribution in [1.82, 2.24) is 10.2 Å². The Morgan fingerprint density at radius 1 is 1.13 bits per heavy atom. The average molecular weight is 462 g/mol. The number of anilines is 1. The second kappa shape index (κ2) is 10.1. The summed E-state index contributed by atoms with van der Waals surface area (Å²) in [5.74, 6) is 2.21. The lowest BCUT2D eigenvalue weighted by Crippen LogP contribution is -2.14. The topological polar surface area (TPSA) is 86.5 Å². The molecule has 1 N–H and O–H groups in total. The predicted molar refractivity (Wildman–Crippen MR) is 121 cm³/mol. The first-order valence-electron chi connectivity index (χ1n) is 9.71. The first kappa shape index (κ1) is 23.0. The van der Waals surface area contributed by atoms with E-state index in [1.165, 1.54) is 0 Å². The van der Waals surface area contributed by atoms with Crippen LogP contribution in [0.4, 0.5) is 5.69 Å². The Morgan fingerprint density at radius 3 is 2.48 bits per heavy atom. The number of nitrogens with zero attached hydrogens (tertiary/aromatic N) is 2. The van der Waals surface area contributed by atoms with Gasteiger partial charge < -0.3 is 19.2 Å². The van der Waals surface area contributed by atoms with Crippen LogP contribution in [0.1, 0.15) is 33.6 Å². The first-order valence-corrected chi connectivity index (χ1v) is 11.1. The molecule has 164 valence electrons. The maximum Gasteiger partial charge on any atom is 0.277 e. The molecule has 9 heteroatoms. The van der Waals surface area contributed by atoms with Crippen LogP contribution >= 0.6 is 23.4 Å². The molecule has 1 heterocycles. The number of rotatable bonds is 8. The van der Waals surface area contributed by atoms with Crippen molar-refractivity contribution in [2.45, 2.75) is 38.3 Å². The number of thioether (sulfide) groups is 1. The summed E-state index contributed by atoms with van der Waals surface area (Å²) in [6.45, 7) is 8.45. The zero-order chi connectivity index (χ0) is 22.4. The molecule has 0 saturated heterocycles. The zero-order valence-electron chi connectivity index (χ0n) is 17.8. The fourth-order valence-electron chi connectivity index (χ4n) is 2.47. The molecule has 0 bridgehead atoms. The van der Waals surface area contributed by atoms with Crippen molar-refractivity contribution >= 4 is 35.0 Å². The Balaban J connectivity index is 1.64. The minimum Gasteiger partial charge on any atom is -0.494 e. The van der Waals surface area contributed by atoms with Gasteiger partial charge in [0.2, 0.25) is 11.8 Å². The van der Waals surface area contributed by atoms with Crippen molar-refractivity contribution in [2.24, 2.45) is 0 Å². The van der Waals surface area contributed by atoms with Gasteiger partial charge in [0.25, 0.3) is 5.22 Å². The molecule has 0 unspecified atom stereocenters. The largest absolute Gasteiger partial charge is 0.494 e. The molecule has 31 heavy (non-hydrogen) atoms. The van der Waals surface area contributed by atoms with Crippen LogP contribution in [0, 0.1) is 0 Å². The molecule has 7 nitrogen and oxygen atoms in total. The number of benzene rings is 2. The summed E-state index contributed by atoms with van der Waals surface area (Å²) in [5, 5.41) is 11.7. The third-order valence-corrected chi connectivity index (χ3v) is 5.01. The Morgan fingerprint density at radius 2 is 1.84 bits per heavy atom. The lowest BCUT2D eigenvalue weighted by molar-refractivity contribution is -0.113. The summed E-state index contributed by atoms with van der Waals surface area (Å²) in [5.41, 5.74) is 0.218. The van der Waals surface area contributed by atoms with Gasteiger partial charge in [-0.3, -0.25) is 4.79 Å². The van der Waals surface area contributed by atoms with Crippen molar-refractivity contribution in [3.05, 3.63) is 53.4 Å². The summed E-state index contributed by atoms with van der Waals surface area (Å²) < 4.78 is 17.0. The maximum absolute atomic E-state index is 12.5. The van der Waals surface area contributed by atoms with Crippen LogP contribution in [0.3, 0.4) is 0 Å². The highest BCUT2D eigenvalue weighted by Gasteiger charge is 2.22. The molecule has 2 aromatic carbocycles. The number of hydrogen-bond donors (Lipinski definition) is 1. The molecule has 0 aliphatic heterocycles. The fourth-order valence-corrected chi connectivity index (χ4v) is 3.21. The zero-order valence-corrected chi connectivity index (χ0v) is 19.3. The van der Waals surface area contributed by atoms with Gasteiger partial charge in [0.15, 0.2) is 5.75 Å². The molecule has 0 aliphatic carbocycles. The monoisotopic (exact) mass is 461 g/mol. The van der Waals surface area contributed by atoms with E-state index in [0.29, 0.717) is 39.9 Å². The lowest BCUT2D eigenvalue weighted by atomic mass is 9.97. The molecule has 3 aromatic rings. The van der Waals surface area contributed by atoms with Gasteiger partial charge in [-0.1, -0.05) is 44.1 Å². The van der Waals surface area contributed by atoms with Crippen LogP contribution in [0.5, 0.6) is 17.2 Å². The van der Waals surface area contributed by atoms with Crippen LogP contribution in [0.25, 0.3) is 0 Å². The van der Waals surface area contributed by atoms with Gasteiger partial charge in [-0.25, -0.2) is 0 Å². The van der Waals surface area contributed by atoms with Crippen LogP contribution in [-0.4, -0.2) is 28.5 Å². The summed E-state index contributed by atoms with van der Waals surface area (Å²) >= 11 is 7.28. The Bertz CT molecular complexity index is 1030. The molecule has 0 atom stereocenters. The highest BCUT2D eigenvalue weighted by Crippen LogP contribution is 2.33. The SMILES string of the molecule is CCOc1ccc(Oc2ccc(Cl)cc2NC(=O)CSc2nnc(C(C)(C)C)o2)cc1. The van der Waals surface area contributed by atoms with E-state index < -0.39 is 0 Å². The van der Waals surface area contributed by atoms with Crippen molar-refractivity contribution in [1.29, 1.82) is 0 Å². The predicted octanol–water partition coefficient (Wildman–Crippen LogP) is 5.94. The number of nitrogens with one attached hydrogen (secondary N) is 1. The molecule has 0 aliphatic rings. The minimum atomic E-state index is -0.251. The van der Waals surface area contributed by atoms with Crippen molar-refractivity contribution in [2.75, 3.05) is 17.7 Å². The fraction of sp³-hybridized carbons (Fsp3) is 0.318. The van der Waals surface area contributed by atoms with E-state index in [4.69, 9.17) is 25.5 Å². The molecule has 0 radical (unpaired) electrons. The van der Waals surface area contributed by atoms with Crippen molar-refractivity contribution in [3.63, 3.8) is 0 Å². The summed E-state index contributed by atoms with van der Waals surface area (Å²) in [4.78, 5) is 12.5. The number of amides is 1. The lowest BCUT2D eigenvalue weighted by Gasteiger charge is -2.13. The van der Waals surface area contributed by atoms with Crippen LogP contribution in [-0.2, 0) is 10.2 Å². The summed E-state index contributed by atoms with van der Waals surface area (Å²) in [6.07, 6.45) is 0. The second-order valence-corrected chi connectivity index (χ2v) is 8.97. The normalized spacial score (nSPS) is 11.3. The quantitative estimate of drug-likeness (QED) is 0.415.